The molecule has 21 heavy (non-hydrogen) atoms. The van der Waals surface area contributed by atoms with Gasteiger partial charge in [0.25, 0.3) is 0 Å². The van der Waals surface area contributed by atoms with Crippen LogP contribution >= 0.6 is 0 Å². The molecule has 2 aliphatic carbocycles. The van der Waals surface area contributed by atoms with Gasteiger partial charge in [0.2, 0.25) is 0 Å². The first-order valence-electron chi connectivity index (χ1n) is 6.13. The smallest absolute Gasteiger partial charge is 0.435 e. The van der Waals surface area contributed by atoms with Crippen molar-refractivity contribution in [3.8, 4) is 0 Å². The monoisotopic (exact) mass is 320 g/mol. The summed E-state index contributed by atoms with van der Waals surface area (Å²) in [5.41, 5.74) is -5.55. The molecule has 0 radical (unpaired) electrons. The van der Waals surface area contributed by atoms with Crippen LogP contribution < -0.4 is 0 Å². The second-order valence-electron chi connectivity index (χ2n) is 5.29. The van der Waals surface area contributed by atoms with E-state index in [9.17, 15) is 35.5 Å². The van der Waals surface area contributed by atoms with Crippen molar-refractivity contribution < 1.29 is 40.3 Å². The van der Waals surface area contributed by atoms with Crippen LogP contribution in [0.15, 0.2) is 12.2 Å². The standard InChI is InChI=1S/C12H11F7O2/c13-10(11(14,15)16,12(17,18)19)5-21-9(20)8-4-6-1-2-7(8)3-6/h1-2,6-8H,3-5H2. The highest BCUT2D eigenvalue weighted by atomic mass is 19.4. The molecule has 2 bridgehead atoms. The van der Waals surface area contributed by atoms with Crippen molar-refractivity contribution in [3.63, 3.8) is 0 Å². The number of allylic oxidation sites excluding steroid dienone is 2. The zero-order valence-electron chi connectivity index (χ0n) is 10.5. The fourth-order valence-corrected chi connectivity index (χ4v) is 2.65. The Morgan fingerprint density at radius 3 is 1.95 bits per heavy atom. The van der Waals surface area contributed by atoms with E-state index < -0.39 is 36.5 Å². The minimum absolute atomic E-state index is 0.0768. The third kappa shape index (κ3) is 2.74. The SMILES string of the molecule is O=C(OCC(F)(C(F)(F)F)C(F)(F)F)C1CC2C=CC1C2. The lowest BCUT2D eigenvalue weighted by Gasteiger charge is -2.30. The van der Waals surface area contributed by atoms with Gasteiger partial charge in [0.1, 0.15) is 6.61 Å². The van der Waals surface area contributed by atoms with Gasteiger partial charge in [-0.3, -0.25) is 4.79 Å². The Morgan fingerprint density at radius 1 is 1.00 bits per heavy atom. The first-order chi connectivity index (χ1) is 9.46. The lowest BCUT2D eigenvalue weighted by molar-refractivity contribution is -0.349. The summed E-state index contributed by atoms with van der Waals surface area (Å²) in [5, 5.41) is 0. The summed E-state index contributed by atoms with van der Waals surface area (Å²) in [6.45, 7) is -2.41. The lowest BCUT2D eigenvalue weighted by atomic mass is 9.94. The van der Waals surface area contributed by atoms with Crippen molar-refractivity contribution in [1.82, 2.24) is 0 Å². The first kappa shape index (κ1) is 16.1. The quantitative estimate of drug-likeness (QED) is 0.451. The Morgan fingerprint density at radius 2 is 1.57 bits per heavy atom. The minimum atomic E-state index is -6.21. The molecule has 0 spiro atoms. The van der Waals surface area contributed by atoms with Gasteiger partial charge in [0, 0.05) is 0 Å². The van der Waals surface area contributed by atoms with Crippen molar-refractivity contribution in [2.24, 2.45) is 17.8 Å². The predicted molar refractivity (Wildman–Crippen MR) is 55.8 cm³/mol. The number of ether oxygens (including phenoxy) is 1. The number of halogens is 7. The molecule has 0 N–H and O–H groups in total. The molecule has 3 unspecified atom stereocenters. The molecule has 0 aromatic carbocycles. The van der Waals surface area contributed by atoms with E-state index in [1.165, 1.54) is 0 Å². The highest BCUT2D eigenvalue weighted by molar-refractivity contribution is 5.74. The highest BCUT2D eigenvalue weighted by Crippen LogP contribution is 2.47. The Hall–Kier alpha value is -1.28. The molecule has 9 heteroatoms. The zero-order chi connectivity index (χ0) is 16.1. The fraction of sp³-hybridized carbons (Fsp3) is 0.750. The van der Waals surface area contributed by atoms with Gasteiger partial charge in [-0.25, -0.2) is 4.39 Å². The van der Waals surface area contributed by atoms with Gasteiger partial charge < -0.3 is 4.74 Å². The lowest BCUT2D eigenvalue weighted by Crippen LogP contribution is -2.56. The Kier molecular flexibility index (Phi) is 3.74. The molecule has 0 aromatic rings. The molecule has 0 heterocycles. The highest BCUT2D eigenvalue weighted by Gasteiger charge is 2.73. The molecular weight excluding hydrogens is 309 g/mol. The van der Waals surface area contributed by atoms with Crippen LogP contribution in [0.4, 0.5) is 30.7 Å². The molecule has 0 amide bonds. The molecular formula is C12H11F7O2. The van der Waals surface area contributed by atoms with Crippen LogP contribution in [0.3, 0.4) is 0 Å². The van der Waals surface area contributed by atoms with Crippen LogP contribution in [0.25, 0.3) is 0 Å². The van der Waals surface area contributed by atoms with Gasteiger partial charge in [-0.15, -0.1) is 0 Å². The van der Waals surface area contributed by atoms with E-state index in [-0.39, 0.29) is 11.8 Å². The molecule has 120 valence electrons. The maximum atomic E-state index is 13.3. The van der Waals surface area contributed by atoms with Crippen LogP contribution in [0.2, 0.25) is 0 Å². The summed E-state index contributed by atoms with van der Waals surface area (Å²) in [6.07, 6.45) is -7.99. The van der Waals surface area contributed by atoms with Gasteiger partial charge in [-0.05, 0) is 24.7 Å². The average Bonchev–Trinajstić information content (AvgIpc) is 2.94. The average molecular weight is 320 g/mol. The molecule has 1 fully saturated rings. The second kappa shape index (κ2) is 4.88. The predicted octanol–water partition coefficient (Wildman–Crippen LogP) is 3.57. The Labute approximate surface area is 114 Å². The van der Waals surface area contributed by atoms with E-state index in [1.807, 2.05) is 6.08 Å². The number of hydrogen-bond acceptors (Lipinski definition) is 2. The van der Waals surface area contributed by atoms with Gasteiger partial charge >= 0.3 is 24.0 Å². The van der Waals surface area contributed by atoms with Crippen LogP contribution in [-0.2, 0) is 9.53 Å². The summed E-state index contributed by atoms with van der Waals surface area (Å²) in [7, 11) is 0. The van der Waals surface area contributed by atoms with E-state index in [1.54, 1.807) is 6.08 Å². The number of esters is 1. The number of carbonyl (C=O) groups is 1. The molecule has 0 saturated heterocycles. The van der Waals surface area contributed by atoms with Crippen molar-refractivity contribution in [3.05, 3.63) is 12.2 Å². The van der Waals surface area contributed by atoms with Crippen molar-refractivity contribution in [2.75, 3.05) is 6.61 Å². The number of rotatable bonds is 3. The van der Waals surface area contributed by atoms with E-state index in [0.717, 1.165) is 0 Å². The van der Waals surface area contributed by atoms with Crippen LogP contribution in [0, 0.1) is 17.8 Å². The first-order valence-corrected chi connectivity index (χ1v) is 6.13. The molecule has 0 aromatic heterocycles. The summed E-state index contributed by atoms with van der Waals surface area (Å²) in [4.78, 5) is 11.6. The van der Waals surface area contributed by atoms with E-state index in [4.69, 9.17) is 0 Å². The summed E-state index contributed by atoms with van der Waals surface area (Å²) < 4.78 is 91.0. The molecule has 3 atom stereocenters. The fourth-order valence-electron chi connectivity index (χ4n) is 2.65. The van der Waals surface area contributed by atoms with Gasteiger partial charge in [0.15, 0.2) is 0 Å². The van der Waals surface area contributed by atoms with Crippen LogP contribution in [0.5, 0.6) is 0 Å². The number of hydrogen-bond donors (Lipinski definition) is 0. The molecule has 0 aliphatic heterocycles. The maximum Gasteiger partial charge on any atom is 0.435 e. The van der Waals surface area contributed by atoms with E-state index >= 15 is 0 Å². The summed E-state index contributed by atoms with van der Waals surface area (Å²) in [6, 6.07) is 0. The van der Waals surface area contributed by atoms with Crippen LogP contribution in [0.1, 0.15) is 12.8 Å². The minimum Gasteiger partial charge on any atom is -0.461 e. The molecule has 2 nitrogen and oxygen atoms in total. The van der Waals surface area contributed by atoms with Gasteiger partial charge in [-0.1, -0.05) is 12.2 Å². The van der Waals surface area contributed by atoms with Gasteiger partial charge in [-0.2, -0.15) is 26.3 Å². The largest absolute Gasteiger partial charge is 0.461 e. The zero-order valence-corrected chi connectivity index (χ0v) is 10.5. The normalized spacial score (nSPS) is 29.0. The van der Waals surface area contributed by atoms with Crippen molar-refractivity contribution >= 4 is 5.97 Å². The third-order valence-electron chi connectivity index (χ3n) is 3.89. The summed E-state index contributed by atoms with van der Waals surface area (Å²) in [5.74, 6) is -2.20. The Bertz CT molecular complexity index is 438. The molecule has 2 rings (SSSR count). The maximum absolute atomic E-state index is 13.3. The van der Waals surface area contributed by atoms with Crippen molar-refractivity contribution in [2.45, 2.75) is 30.9 Å². The summed E-state index contributed by atoms with van der Waals surface area (Å²) >= 11 is 0. The van der Waals surface area contributed by atoms with Gasteiger partial charge in [0.05, 0.1) is 5.92 Å². The third-order valence-corrected chi connectivity index (χ3v) is 3.89. The number of carbonyl (C=O) groups excluding carboxylic acids is 1. The number of fused-ring (bicyclic) bond motifs is 2. The van der Waals surface area contributed by atoms with E-state index in [2.05, 4.69) is 4.74 Å². The Balaban J connectivity index is 2.03. The second-order valence-corrected chi connectivity index (χ2v) is 5.29. The molecule has 1 saturated carbocycles. The van der Waals surface area contributed by atoms with Crippen molar-refractivity contribution in [1.29, 1.82) is 0 Å². The van der Waals surface area contributed by atoms with Crippen LogP contribution in [-0.4, -0.2) is 30.6 Å². The topological polar surface area (TPSA) is 26.3 Å². The molecule has 2 aliphatic rings. The van der Waals surface area contributed by atoms with E-state index in [0.29, 0.717) is 12.8 Å². The number of alkyl halides is 7.